The van der Waals surface area contributed by atoms with Gasteiger partial charge in [-0.15, -0.1) is 0 Å². The Balaban J connectivity index is 1.31. The Morgan fingerprint density at radius 2 is 1.50 bits per heavy atom. The summed E-state index contributed by atoms with van der Waals surface area (Å²) >= 11 is 0. The first kappa shape index (κ1) is 20.2. The van der Waals surface area contributed by atoms with Crippen LogP contribution < -0.4 is 0 Å². The lowest BCUT2D eigenvalue weighted by atomic mass is 9.46. The van der Waals surface area contributed by atoms with E-state index in [1.165, 1.54) is 6.42 Å². The van der Waals surface area contributed by atoms with Crippen molar-refractivity contribution in [2.45, 2.75) is 89.3 Å². The van der Waals surface area contributed by atoms with Crippen molar-refractivity contribution in [1.82, 2.24) is 0 Å². The average molecular weight is 419 g/mol. The third-order valence-corrected chi connectivity index (χ3v) is 10.7. The first-order chi connectivity index (χ1) is 14.3. The van der Waals surface area contributed by atoms with Crippen molar-refractivity contribution in [2.75, 3.05) is 26.4 Å². The van der Waals surface area contributed by atoms with Crippen LogP contribution >= 0.6 is 0 Å². The molecule has 0 amide bonds. The molecule has 2 aliphatic heterocycles. The highest BCUT2D eigenvalue weighted by atomic mass is 16.8. The average Bonchev–Trinajstić information content (AvgIpc) is 3.43. The van der Waals surface area contributed by atoms with Crippen LogP contribution in [0.2, 0.25) is 0 Å². The molecule has 5 nitrogen and oxygen atoms in total. The lowest BCUT2D eigenvalue weighted by molar-refractivity contribution is -0.299. The summed E-state index contributed by atoms with van der Waals surface area (Å²) in [5, 5.41) is 12.0. The number of ether oxygens (including phenoxy) is 4. The minimum Gasteiger partial charge on any atom is -0.384 e. The molecule has 0 bridgehead atoms. The molecule has 168 valence electrons. The van der Waals surface area contributed by atoms with Crippen LogP contribution in [0.1, 0.15) is 72.1 Å². The van der Waals surface area contributed by atoms with E-state index in [4.69, 9.17) is 18.9 Å². The molecule has 30 heavy (non-hydrogen) atoms. The third kappa shape index (κ3) is 2.37. The molecule has 5 heteroatoms. The van der Waals surface area contributed by atoms with Crippen molar-refractivity contribution >= 4 is 0 Å². The Hall–Kier alpha value is -0.460. The van der Waals surface area contributed by atoms with Crippen LogP contribution in [0.3, 0.4) is 0 Å². The fourth-order valence-electron chi connectivity index (χ4n) is 8.86. The van der Waals surface area contributed by atoms with Gasteiger partial charge < -0.3 is 24.1 Å². The fourth-order valence-corrected chi connectivity index (χ4v) is 8.86. The standard InChI is InChI=1S/C25H38O5/c1-21-10-11-24(29-14-15-30-24)16-17(21)4-5-18-19(21)6-8-22(2)20(18)7-9-25(22,26)23(3)27-12-13-28-23/h4,18-20,26H,5-16H2,1-3H3/t18-,19+,20+,21+,22+,25-/m0/s1. The molecule has 2 saturated heterocycles. The highest BCUT2D eigenvalue weighted by molar-refractivity contribution is 5.28. The maximum atomic E-state index is 12.0. The third-order valence-electron chi connectivity index (χ3n) is 10.7. The van der Waals surface area contributed by atoms with Crippen molar-refractivity contribution in [1.29, 1.82) is 0 Å². The van der Waals surface area contributed by atoms with Gasteiger partial charge in [0, 0.05) is 18.3 Å². The topological polar surface area (TPSA) is 57.2 Å². The van der Waals surface area contributed by atoms with Gasteiger partial charge >= 0.3 is 0 Å². The Morgan fingerprint density at radius 1 is 0.833 bits per heavy atom. The summed E-state index contributed by atoms with van der Waals surface area (Å²) in [5.74, 6) is 0.638. The van der Waals surface area contributed by atoms with Crippen LogP contribution in [0.15, 0.2) is 11.6 Å². The second-order valence-electron chi connectivity index (χ2n) is 11.5. The lowest BCUT2D eigenvalue weighted by Crippen LogP contribution is -2.63. The highest BCUT2D eigenvalue weighted by Gasteiger charge is 2.70. The molecule has 3 saturated carbocycles. The van der Waals surface area contributed by atoms with E-state index in [0.29, 0.717) is 31.0 Å². The molecule has 2 heterocycles. The van der Waals surface area contributed by atoms with Gasteiger partial charge in [-0.1, -0.05) is 25.5 Å². The maximum absolute atomic E-state index is 12.0. The quantitative estimate of drug-likeness (QED) is 0.647. The molecule has 0 aromatic carbocycles. The summed E-state index contributed by atoms with van der Waals surface area (Å²) < 4.78 is 24.2. The number of aliphatic hydroxyl groups is 1. The molecule has 5 fully saturated rings. The van der Waals surface area contributed by atoms with Gasteiger partial charge in [-0.25, -0.2) is 0 Å². The Morgan fingerprint density at radius 3 is 2.23 bits per heavy atom. The maximum Gasteiger partial charge on any atom is 0.195 e. The van der Waals surface area contributed by atoms with Gasteiger partial charge in [-0.3, -0.25) is 0 Å². The summed E-state index contributed by atoms with van der Waals surface area (Å²) in [6.45, 7) is 9.45. The number of allylic oxidation sites excluding steroid dienone is 1. The molecular formula is C25H38O5. The van der Waals surface area contributed by atoms with Crippen molar-refractivity contribution < 1.29 is 24.1 Å². The van der Waals surface area contributed by atoms with Crippen LogP contribution in [0.25, 0.3) is 0 Å². The zero-order chi connectivity index (χ0) is 20.8. The number of hydrogen-bond acceptors (Lipinski definition) is 5. The van der Waals surface area contributed by atoms with Crippen LogP contribution in [0, 0.1) is 28.6 Å². The van der Waals surface area contributed by atoms with E-state index in [1.807, 2.05) is 6.92 Å². The van der Waals surface area contributed by atoms with Gasteiger partial charge in [-0.2, -0.15) is 0 Å². The summed E-state index contributed by atoms with van der Waals surface area (Å²) in [4.78, 5) is 0. The SMILES string of the molecule is CC1([C@]2(O)CC[C@@H]3[C@H]4CC=C5CC6(CC[C@@]5(C)[C@@H]4CC[C@]32C)OCCO6)OCCO1. The molecule has 0 aromatic heterocycles. The molecule has 6 aliphatic rings. The van der Waals surface area contributed by atoms with E-state index >= 15 is 0 Å². The first-order valence-corrected chi connectivity index (χ1v) is 12.2. The van der Waals surface area contributed by atoms with Gasteiger partial charge in [0.05, 0.1) is 26.4 Å². The smallest absolute Gasteiger partial charge is 0.195 e. The van der Waals surface area contributed by atoms with Gasteiger partial charge in [0.1, 0.15) is 5.60 Å². The van der Waals surface area contributed by atoms with Crippen molar-refractivity contribution in [3.8, 4) is 0 Å². The number of fused-ring (bicyclic) bond motifs is 5. The zero-order valence-electron chi connectivity index (χ0n) is 18.9. The summed E-state index contributed by atoms with van der Waals surface area (Å²) in [5.41, 5.74) is 0.764. The minimum atomic E-state index is -0.904. The molecule has 6 rings (SSSR count). The van der Waals surface area contributed by atoms with Crippen molar-refractivity contribution in [3.63, 3.8) is 0 Å². The fraction of sp³-hybridized carbons (Fsp3) is 0.920. The first-order valence-electron chi connectivity index (χ1n) is 12.2. The van der Waals surface area contributed by atoms with Gasteiger partial charge in [0.15, 0.2) is 11.6 Å². The van der Waals surface area contributed by atoms with E-state index in [2.05, 4.69) is 19.9 Å². The Labute approximate surface area is 180 Å². The molecular weight excluding hydrogens is 380 g/mol. The largest absolute Gasteiger partial charge is 0.384 e. The molecule has 0 aromatic rings. The monoisotopic (exact) mass is 418 g/mol. The molecule has 6 atom stereocenters. The number of hydrogen-bond donors (Lipinski definition) is 1. The summed E-state index contributed by atoms with van der Waals surface area (Å²) in [7, 11) is 0. The predicted octanol–water partition coefficient (Wildman–Crippen LogP) is 4.19. The Kier molecular flexibility index (Phi) is 4.25. The molecule has 4 aliphatic carbocycles. The van der Waals surface area contributed by atoms with E-state index in [1.54, 1.807) is 5.57 Å². The van der Waals surface area contributed by atoms with Crippen LogP contribution in [0.4, 0.5) is 0 Å². The van der Waals surface area contributed by atoms with Crippen molar-refractivity contribution in [3.05, 3.63) is 11.6 Å². The molecule has 0 radical (unpaired) electrons. The van der Waals surface area contributed by atoms with Crippen molar-refractivity contribution in [2.24, 2.45) is 28.6 Å². The Bertz CT molecular complexity index is 751. The zero-order valence-corrected chi connectivity index (χ0v) is 18.9. The second-order valence-corrected chi connectivity index (χ2v) is 11.5. The summed E-state index contributed by atoms with van der Waals surface area (Å²) in [6, 6.07) is 0. The molecule has 1 N–H and O–H groups in total. The minimum absolute atomic E-state index is 0.150. The van der Waals surface area contributed by atoms with E-state index in [0.717, 1.165) is 58.2 Å². The summed E-state index contributed by atoms with van der Waals surface area (Å²) in [6.07, 6.45) is 10.8. The predicted molar refractivity (Wildman–Crippen MR) is 112 cm³/mol. The highest BCUT2D eigenvalue weighted by Crippen LogP contribution is 2.69. The number of rotatable bonds is 1. The van der Waals surface area contributed by atoms with E-state index in [9.17, 15) is 5.11 Å². The molecule has 0 unspecified atom stereocenters. The van der Waals surface area contributed by atoms with Gasteiger partial charge in [0.25, 0.3) is 0 Å². The van der Waals surface area contributed by atoms with E-state index < -0.39 is 11.4 Å². The normalized spacial score (nSPS) is 51.3. The van der Waals surface area contributed by atoms with Gasteiger partial charge in [0.2, 0.25) is 0 Å². The van der Waals surface area contributed by atoms with Crippen LogP contribution in [-0.2, 0) is 18.9 Å². The molecule has 1 spiro atoms. The van der Waals surface area contributed by atoms with E-state index in [-0.39, 0.29) is 16.6 Å². The van der Waals surface area contributed by atoms with Gasteiger partial charge in [-0.05, 0) is 68.6 Å². The second kappa shape index (κ2) is 6.32. The lowest BCUT2D eigenvalue weighted by Gasteiger charge is -2.60. The van der Waals surface area contributed by atoms with Crippen LogP contribution in [-0.4, -0.2) is 48.7 Å². The van der Waals surface area contributed by atoms with Crippen LogP contribution in [0.5, 0.6) is 0 Å².